The average Bonchev–Trinajstić information content (AvgIpc) is 2.70. The van der Waals surface area contributed by atoms with Crippen molar-refractivity contribution in [3.8, 4) is 5.75 Å². The van der Waals surface area contributed by atoms with Gasteiger partial charge in [-0.15, -0.1) is 0 Å². The third-order valence-electron chi connectivity index (χ3n) is 3.84. The third-order valence-corrected chi connectivity index (χ3v) is 4.77. The highest BCUT2D eigenvalue weighted by atomic mass is 32.2. The SMILES string of the molecule is C/C(=N/NC(=O)CSc1nn(C)c(=O)n(C)c1=O)c1ccc(OCC(C)C)cc1. The summed E-state index contributed by atoms with van der Waals surface area (Å²) < 4.78 is 7.64. The fraction of sp³-hybridized carbons (Fsp3) is 0.421. The summed E-state index contributed by atoms with van der Waals surface area (Å²) in [5.41, 5.74) is 2.88. The van der Waals surface area contributed by atoms with Gasteiger partial charge in [0.25, 0.3) is 5.56 Å². The molecule has 0 aliphatic carbocycles. The molecule has 0 radical (unpaired) electrons. The minimum Gasteiger partial charge on any atom is -0.493 e. The van der Waals surface area contributed by atoms with Crippen molar-refractivity contribution < 1.29 is 9.53 Å². The Labute approximate surface area is 172 Å². The Balaban J connectivity index is 1.93. The summed E-state index contributed by atoms with van der Waals surface area (Å²) in [4.78, 5) is 35.7. The van der Waals surface area contributed by atoms with E-state index in [1.807, 2.05) is 24.3 Å². The summed E-state index contributed by atoms with van der Waals surface area (Å²) in [5, 5.41) is 8.05. The molecule has 1 heterocycles. The summed E-state index contributed by atoms with van der Waals surface area (Å²) in [7, 11) is 2.81. The van der Waals surface area contributed by atoms with Crippen molar-refractivity contribution in [2.45, 2.75) is 25.8 Å². The van der Waals surface area contributed by atoms with Gasteiger partial charge in [0.2, 0.25) is 5.91 Å². The Kier molecular flexibility index (Phi) is 7.77. The quantitative estimate of drug-likeness (QED) is 0.391. The van der Waals surface area contributed by atoms with Gasteiger partial charge in [0.05, 0.1) is 18.1 Å². The van der Waals surface area contributed by atoms with E-state index in [1.54, 1.807) is 6.92 Å². The molecule has 0 bridgehead atoms. The number of benzene rings is 1. The number of carbonyl (C=O) groups excluding carboxylic acids is 1. The molecule has 156 valence electrons. The van der Waals surface area contributed by atoms with Gasteiger partial charge in [-0.3, -0.25) is 14.2 Å². The Morgan fingerprint density at radius 1 is 1.24 bits per heavy atom. The van der Waals surface area contributed by atoms with Gasteiger partial charge < -0.3 is 4.74 Å². The highest BCUT2D eigenvalue weighted by Crippen LogP contribution is 2.14. The van der Waals surface area contributed by atoms with Gasteiger partial charge >= 0.3 is 5.69 Å². The summed E-state index contributed by atoms with van der Waals surface area (Å²) >= 11 is 0.947. The number of aromatic nitrogens is 3. The van der Waals surface area contributed by atoms with Crippen molar-refractivity contribution in [1.82, 2.24) is 19.8 Å². The second kappa shape index (κ2) is 10.1. The van der Waals surface area contributed by atoms with Crippen LogP contribution in [0.3, 0.4) is 0 Å². The van der Waals surface area contributed by atoms with Gasteiger partial charge in [0.15, 0.2) is 5.03 Å². The van der Waals surface area contributed by atoms with E-state index in [1.165, 1.54) is 14.1 Å². The minimum atomic E-state index is -0.537. The van der Waals surface area contributed by atoms with Crippen molar-refractivity contribution in [3.05, 3.63) is 50.7 Å². The third kappa shape index (κ3) is 6.31. The van der Waals surface area contributed by atoms with Crippen LogP contribution in [0.5, 0.6) is 5.75 Å². The Hall–Kier alpha value is -2.88. The highest BCUT2D eigenvalue weighted by Gasteiger charge is 2.11. The molecule has 0 saturated heterocycles. The van der Waals surface area contributed by atoms with Crippen LogP contribution in [0.4, 0.5) is 0 Å². The minimum absolute atomic E-state index is 0.0563. The molecule has 0 saturated carbocycles. The maximum Gasteiger partial charge on any atom is 0.346 e. The molecule has 10 heteroatoms. The van der Waals surface area contributed by atoms with Crippen molar-refractivity contribution in [3.63, 3.8) is 0 Å². The van der Waals surface area contributed by atoms with Crippen LogP contribution in [0.15, 0.2) is 44.0 Å². The first-order valence-electron chi connectivity index (χ1n) is 9.02. The fourth-order valence-corrected chi connectivity index (χ4v) is 2.96. The van der Waals surface area contributed by atoms with E-state index in [0.29, 0.717) is 18.2 Å². The van der Waals surface area contributed by atoms with Crippen LogP contribution in [-0.4, -0.2) is 38.3 Å². The Bertz CT molecular complexity index is 1010. The van der Waals surface area contributed by atoms with Crippen LogP contribution in [0.1, 0.15) is 26.3 Å². The number of hydrogen-bond donors (Lipinski definition) is 1. The van der Waals surface area contributed by atoms with Crippen LogP contribution in [-0.2, 0) is 18.9 Å². The zero-order chi connectivity index (χ0) is 21.6. The first-order chi connectivity index (χ1) is 13.7. The van der Waals surface area contributed by atoms with Gasteiger partial charge in [-0.05, 0) is 42.7 Å². The van der Waals surface area contributed by atoms with Crippen LogP contribution in [0.2, 0.25) is 0 Å². The number of amides is 1. The van der Waals surface area contributed by atoms with Crippen molar-refractivity contribution in [2.24, 2.45) is 25.1 Å². The molecule has 1 amide bonds. The molecule has 0 fully saturated rings. The Morgan fingerprint density at radius 2 is 1.90 bits per heavy atom. The van der Waals surface area contributed by atoms with Gasteiger partial charge in [0, 0.05) is 14.1 Å². The zero-order valence-electron chi connectivity index (χ0n) is 17.1. The number of hydrogen-bond acceptors (Lipinski definition) is 7. The maximum atomic E-state index is 12.0. The second-order valence-electron chi connectivity index (χ2n) is 6.83. The van der Waals surface area contributed by atoms with Crippen LogP contribution < -0.4 is 21.4 Å². The van der Waals surface area contributed by atoms with Gasteiger partial charge in [0.1, 0.15) is 5.75 Å². The van der Waals surface area contributed by atoms with E-state index in [0.717, 1.165) is 32.3 Å². The van der Waals surface area contributed by atoms with Crippen LogP contribution in [0, 0.1) is 5.92 Å². The maximum absolute atomic E-state index is 12.0. The van der Waals surface area contributed by atoms with E-state index < -0.39 is 11.2 Å². The van der Waals surface area contributed by atoms with Crippen LogP contribution in [0.25, 0.3) is 0 Å². The fourth-order valence-electron chi connectivity index (χ4n) is 2.19. The number of nitrogens with one attached hydrogen (secondary N) is 1. The molecule has 29 heavy (non-hydrogen) atoms. The van der Waals surface area contributed by atoms with Crippen LogP contribution >= 0.6 is 11.8 Å². The number of carbonyl (C=O) groups is 1. The summed E-state index contributed by atoms with van der Waals surface area (Å²) in [6.45, 7) is 6.59. The number of hydrazone groups is 1. The molecule has 0 spiro atoms. The second-order valence-corrected chi connectivity index (χ2v) is 7.79. The first kappa shape index (κ1) is 22.4. The molecule has 9 nitrogen and oxygen atoms in total. The van der Waals surface area contributed by atoms with Gasteiger partial charge in [-0.1, -0.05) is 25.6 Å². The van der Waals surface area contributed by atoms with Gasteiger partial charge in [-0.25, -0.2) is 14.9 Å². The Morgan fingerprint density at radius 3 is 2.52 bits per heavy atom. The summed E-state index contributed by atoms with van der Waals surface area (Å²) in [5.74, 6) is 0.785. The van der Waals surface area contributed by atoms with Crippen molar-refractivity contribution in [2.75, 3.05) is 12.4 Å². The molecule has 1 aromatic carbocycles. The predicted molar refractivity (Wildman–Crippen MR) is 113 cm³/mol. The lowest BCUT2D eigenvalue weighted by Gasteiger charge is -2.09. The molecular weight excluding hydrogens is 394 g/mol. The topological polar surface area (TPSA) is 108 Å². The highest BCUT2D eigenvalue weighted by molar-refractivity contribution is 7.99. The van der Waals surface area contributed by atoms with E-state index in [-0.39, 0.29) is 16.7 Å². The standard InChI is InChI=1S/C19H25N5O4S/c1-12(2)10-28-15-8-6-14(7-9-15)13(3)20-21-16(25)11-29-17-18(26)23(4)19(27)24(5)22-17/h6-9,12H,10-11H2,1-5H3,(H,21,25)/b20-13-. The number of thioether (sulfide) groups is 1. The van der Waals surface area contributed by atoms with Gasteiger partial charge in [-0.2, -0.15) is 10.2 Å². The summed E-state index contributed by atoms with van der Waals surface area (Å²) in [6.07, 6.45) is 0. The molecule has 2 aromatic rings. The number of nitrogens with zero attached hydrogens (tertiary/aromatic N) is 4. The normalized spacial score (nSPS) is 11.6. The molecule has 0 unspecified atom stereocenters. The van der Waals surface area contributed by atoms with E-state index in [4.69, 9.17) is 4.74 Å². The monoisotopic (exact) mass is 419 g/mol. The molecular formula is C19H25N5O4S. The van der Waals surface area contributed by atoms with Crippen molar-refractivity contribution in [1.29, 1.82) is 0 Å². The molecule has 1 N–H and O–H groups in total. The predicted octanol–water partition coefficient (Wildman–Crippen LogP) is 1.15. The molecule has 0 atom stereocenters. The first-order valence-corrected chi connectivity index (χ1v) is 10.0. The lowest BCUT2D eigenvalue weighted by Crippen LogP contribution is -2.39. The summed E-state index contributed by atoms with van der Waals surface area (Å²) in [6, 6.07) is 7.45. The molecule has 1 aromatic heterocycles. The average molecular weight is 420 g/mol. The van der Waals surface area contributed by atoms with E-state index >= 15 is 0 Å². The van der Waals surface area contributed by atoms with E-state index in [2.05, 4.69) is 29.5 Å². The number of ether oxygens (including phenoxy) is 1. The number of rotatable bonds is 8. The lowest BCUT2D eigenvalue weighted by atomic mass is 10.1. The molecule has 0 aliphatic heterocycles. The zero-order valence-corrected chi connectivity index (χ0v) is 17.9. The number of aryl methyl sites for hydroxylation is 1. The van der Waals surface area contributed by atoms with E-state index in [9.17, 15) is 14.4 Å². The smallest absolute Gasteiger partial charge is 0.346 e. The molecule has 0 aliphatic rings. The largest absolute Gasteiger partial charge is 0.493 e. The van der Waals surface area contributed by atoms with Crippen molar-refractivity contribution >= 4 is 23.4 Å². The lowest BCUT2D eigenvalue weighted by molar-refractivity contribution is -0.118. The molecule has 2 rings (SSSR count).